The lowest BCUT2D eigenvalue weighted by Gasteiger charge is -2.31. The molecule has 17 heteroatoms. The molecule has 0 aliphatic carbocycles. The molecule has 0 spiro atoms. The third-order valence-corrected chi connectivity index (χ3v) is 7.30. The third-order valence-electron chi connectivity index (χ3n) is 4.18. The molecule has 0 saturated heterocycles. The second-order valence-electron chi connectivity index (χ2n) is 6.23. The van der Waals surface area contributed by atoms with E-state index in [1.54, 1.807) is 0 Å². The summed E-state index contributed by atoms with van der Waals surface area (Å²) in [4.78, 5) is 5.79. The molecule has 0 radical (unpaired) electrons. The molecule has 3 rings (SSSR count). The molecule has 1 aromatic carbocycles. The number of aromatic nitrogens is 2. The minimum atomic E-state index is -6.53. The lowest BCUT2D eigenvalue weighted by Crippen LogP contribution is -2.38. The van der Waals surface area contributed by atoms with Crippen LogP contribution in [0.25, 0.3) is 10.7 Å². The quantitative estimate of drug-likeness (QED) is 0.329. The van der Waals surface area contributed by atoms with Crippen molar-refractivity contribution in [3.63, 3.8) is 0 Å². The maximum Gasteiger partial charge on any atom is 0.534 e. The van der Waals surface area contributed by atoms with Crippen molar-refractivity contribution in [1.29, 1.82) is 0 Å². The van der Waals surface area contributed by atoms with E-state index in [0.29, 0.717) is 16.4 Å². The Labute approximate surface area is 187 Å². The molecule has 0 amide bonds. The molecule has 0 N–H and O–H groups in total. The minimum absolute atomic E-state index is 0.331. The number of halogens is 7. The van der Waals surface area contributed by atoms with Gasteiger partial charge in [-0.2, -0.15) is 34.8 Å². The van der Waals surface area contributed by atoms with Gasteiger partial charge in [-0.05, 0) is 19.1 Å². The number of alkyl halides is 6. The van der Waals surface area contributed by atoms with Crippen LogP contribution >= 0.6 is 11.6 Å². The maximum atomic E-state index is 13.7. The molecule has 1 aromatic heterocycles. The smallest absolute Gasteiger partial charge is 0.372 e. The van der Waals surface area contributed by atoms with Crippen molar-refractivity contribution in [1.82, 2.24) is 9.97 Å². The fourth-order valence-corrected chi connectivity index (χ4v) is 5.34. The first-order valence-corrected chi connectivity index (χ1v) is 11.7. The summed E-state index contributed by atoms with van der Waals surface area (Å²) >= 11 is 5.60. The lowest BCUT2D eigenvalue weighted by atomic mass is 10.0. The SMILES string of the molecule is CCN1c2nccnc2C(OS(=O)(=O)C(F)(F)F)=C(c2ccc(Cl)cc2C(F)(F)F)S1(=O)=O. The number of hydrogen-bond acceptors (Lipinski definition) is 7. The Morgan fingerprint density at radius 2 is 1.70 bits per heavy atom. The number of benzene rings is 1. The van der Waals surface area contributed by atoms with Gasteiger partial charge in [0.05, 0.1) is 5.56 Å². The van der Waals surface area contributed by atoms with Gasteiger partial charge >= 0.3 is 21.8 Å². The molecule has 0 saturated carbocycles. The van der Waals surface area contributed by atoms with Crippen LogP contribution < -0.4 is 4.31 Å². The van der Waals surface area contributed by atoms with Crippen LogP contribution in [0.2, 0.25) is 5.02 Å². The summed E-state index contributed by atoms with van der Waals surface area (Å²) in [7, 11) is -11.7. The van der Waals surface area contributed by atoms with Gasteiger partial charge in [0, 0.05) is 29.5 Å². The highest BCUT2D eigenvalue weighted by Gasteiger charge is 2.52. The summed E-state index contributed by atoms with van der Waals surface area (Å²) in [5, 5.41) is -0.474. The van der Waals surface area contributed by atoms with E-state index in [2.05, 4.69) is 14.2 Å². The van der Waals surface area contributed by atoms with Gasteiger partial charge in [-0.1, -0.05) is 17.7 Å². The van der Waals surface area contributed by atoms with Gasteiger partial charge in [0.25, 0.3) is 10.0 Å². The average Bonchev–Trinajstić information content (AvgIpc) is 2.66. The van der Waals surface area contributed by atoms with Gasteiger partial charge in [0.15, 0.2) is 17.3 Å². The minimum Gasteiger partial charge on any atom is -0.372 e. The molecule has 0 bridgehead atoms. The van der Waals surface area contributed by atoms with Gasteiger partial charge in [-0.3, -0.25) is 0 Å². The van der Waals surface area contributed by atoms with E-state index < -0.39 is 76.7 Å². The van der Waals surface area contributed by atoms with Crippen LogP contribution in [0.3, 0.4) is 0 Å². The highest BCUT2D eigenvalue weighted by atomic mass is 35.5. The van der Waals surface area contributed by atoms with Crippen LogP contribution in [0.4, 0.5) is 32.2 Å². The molecule has 0 atom stereocenters. The van der Waals surface area contributed by atoms with E-state index in [0.717, 1.165) is 18.5 Å². The Kier molecular flexibility index (Phi) is 6.08. The van der Waals surface area contributed by atoms with E-state index in [1.165, 1.54) is 6.92 Å². The summed E-state index contributed by atoms with van der Waals surface area (Å²) in [6.07, 6.45) is -3.43. The van der Waals surface area contributed by atoms with E-state index in [-0.39, 0.29) is 0 Å². The van der Waals surface area contributed by atoms with Crippen molar-refractivity contribution in [3.05, 3.63) is 52.4 Å². The van der Waals surface area contributed by atoms with Gasteiger partial charge < -0.3 is 4.18 Å². The summed E-state index contributed by atoms with van der Waals surface area (Å²) in [5.74, 6) is -2.23. The van der Waals surface area contributed by atoms with Crippen molar-refractivity contribution in [2.45, 2.75) is 18.6 Å². The normalized spacial score (nSPS) is 16.5. The molecule has 1 aliphatic heterocycles. The van der Waals surface area contributed by atoms with Crippen molar-refractivity contribution < 1.29 is 47.4 Å². The largest absolute Gasteiger partial charge is 0.534 e. The standard InChI is InChI=1S/C16H10ClF6N3O5S2/c1-2-26-14-11(24-5-6-25-14)12(31-33(29,30)16(21,22)23)13(32(26,27)28)9-4-3-8(17)7-10(9)15(18,19)20/h3-7H,2H2,1H3. The van der Waals surface area contributed by atoms with E-state index in [9.17, 15) is 43.2 Å². The van der Waals surface area contributed by atoms with E-state index in [1.807, 2.05) is 0 Å². The van der Waals surface area contributed by atoms with Crippen molar-refractivity contribution in [2.24, 2.45) is 0 Å². The van der Waals surface area contributed by atoms with Gasteiger partial charge in [-0.15, -0.1) is 0 Å². The van der Waals surface area contributed by atoms with E-state index >= 15 is 0 Å². The van der Waals surface area contributed by atoms with Crippen LogP contribution in [0.5, 0.6) is 0 Å². The number of nitrogens with zero attached hydrogens (tertiary/aromatic N) is 3. The van der Waals surface area contributed by atoms with E-state index in [4.69, 9.17) is 11.6 Å². The Balaban J connectivity index is 2.53. The first-order valence-electron chi connectivity index (χ1n) is 8.48. The zero-order valence-electron chi connectivity index (χ0n) is 15.9. The number of hydrogen-bond donors (Lipinski definition) is 0. The summed E-state index contributed by atoms with van der Waals surface area (Å²) < 4.78 is 135. The monoisotopic (exact) mass is 537 g/mol. The van der Waals surface area contributed by atoms with Gasteiger partial charge in [0.1, 0.15) is 4.91 Å². The number of anilines is 1. The first kappa shape index (κ1) is 25.0. The zero-order chi connectivity index (χ0) is 25.0. The van der Waals surface area contributed by atoms with Gasteiger partial charge in [0.2, 0.25) is 0 Å². The van der Waals surface area contributed by atoms with Crippen LogP contribution in [0.15, 0.2) is 30.6 Å². The fraction of sp³-hybridized carbons (Fsp3) is 0.250. The molecule has 8 nitrogen and oxygen atoms in total. The van der Waals surface area contributed by atoms with Crippen LogP contribution in [0, 0.1) is 0 Å². The van der Waals surface area contributed by atoms with Crippen molar-refractivity contribution in [3.8, 4) is 0 Å². The predicted molar refractivity (Wildman–Crippen MR) is 103 cm³/mol. The van der Waals surface area contributed by atoms with Crippen molar-refractivity contribution in [2.75, 3.05) is 10.8 Å². The molecule has 2 heterocycles. The Morgan fingerprint density at radius 3 is 2.24 bits per heavy atom. The van der Waals surface area contributed by atoms with Crippen LogP contribution in [0.1, 0.15) is 23.7 Å². The zero-order valence-corrected chi connectivity index (χ0v) is 18.3. The molecule has 1 aliphatic rings. The van der Waals surface area contributed by atoms with Crippen molar-refractivity contribution >= 4 is 48.2 Å². The van der Waals surface area contributed by atoms with Gasteiger partial charge in [-0.25, -0.2) is 22.7 Å². The molecule has 0 fully saturated rings. The summed E-state index contributed by atoms with van der Waals surface area (Å²) in [5.41, 5.74) is -9.73. The van der Waals surface area contributed by atoms with Crippen LogP contribution in [-0.4, -0.2) is 38.9 Å². The summed E-state index contributed by atoms with van der Waals surface area (Å²) in [6.45, 7) is 0.824. The Bertz CT molecular complexity index is 1360. The molecule has 33 heavy (non-hydrogen) atoms. The highest BCUT2D eigenvalue weighted by molar-refractivity contribution is 8.02. The molecule has 180 valence electrons. The maximum absolute atomic E-state index is 13.7. The molecule has 0 unspecified atom stereocenters. The average molecular weight is 538 g/mol. The Hall–Kier alpha value is -2.59. The second-order valence-corrected chi connectivity index (χ2v) is 10.0. The number of sulfonamides is 1. The first-order chi connectivity index (χ1) is 15.0. The third kappa shape index (κ3) is 4.33. The van der Waals surface area contributed by atoms with Crippen LogP contribution in [-0.2, 0) is 30.5 Å². The number of fused-ring (bicyclic) bond motifs is 1. The highest BCUT2D eigenvalue weighted by Crippen LogP contribution is 2.47. The number of rotatable bonds is 4. The predicted octanol–water partition coefficient (Wildman–Crippen LogP) is 4.01. The molecular formula is C16H10ClF6N3O5S2. The fourth-order valence-electron chi connectivity index (χ4n) is 2.89. The second kappa shape index (κ2) is 8.02. The molecule has 2 aromatic rings. The lowest BCUT2D eigenvalue weighted by molar-refractivity contribution is -0.137. The summed E-state index contributed by atoms with van der Waals surface area (Å²) in [6, 6.07) is 1.74. The topological polar surface area (TPSA) is 107 Å². The Morgan fingerprint density at radius 1 is 1.09 bits per heavy atom. The molecular weight excluding hydrogens is 528 g/mol.